The molecule has 0 heterocycles. The summed E-state index contributed by atoms with van der Waals surface area (Å²) >= 11 is 12.4. The molecule has 3 rings (SSSR count). The summed E-state index contributed by atoms with van der Waals surface area (Å²) in [6.45, 7) is 5.64. The Kier molecular flexibility index (Phi) is 10.8. The number of carbonyl (C=O) groups is 2. The van der Waals surface area contributed by atoms with E-state index in [-0.39, 0.29) is 33.1 Å². The molecular formula is C29H33Cl2N3O4S. The van der Waals surface area contributed by atoms with Gasteiger partial charge < -0.3 is 10.2 Å². The summed E-state index contributed by atoms with van der Waals surface area (Å²) in [5.74, 6) is -0.861. The first kappa shape index (κ1) is 30.5. The molecule has 0 aliphatic carbocycles. The first-order valence-electron chi connectivity index (χ1n) is 12.7. The number of nitrogens with one attached hydrogen (secondary N) is 1. The SMILES string of the molecule is CCCCNC(=O)[C@H](C)N(Cc1ccccc1C)C(=O)CN(c1cc(Cl)cc(Cl)c1)S(=O)(=O)c1ccccc1. The smallest absolute Gasteiger partial charge is 0.264 e. The van der Waals surface area contributed by atoms with Crippen molar-refractivity contribution in [1.29, 1.82) is 0 Å². The third-order valence-electron chi connectivity index (χ3n) is 6.34. The van der Waals surface area contributed by atoms with Crippen LogP contribution in [0.1, 0.15) is 37.8 Å². The second-order valence-electron chi connectivity index (χ2n) is 9.22. The molecule has 0 bridgehead atoms. The number of benzene rings is 3. The minimum Gasteiger partial charge on any atom is -0.354 e. The Morgan fingerprint density at radius 1 is 0.949 bits per heavy atom. The molecule has 2 amide bonds. The van der Waals surface area contributed by atoms with Crippen LogP contribution in [0, 0.1) is 6.92 Å². The van der Waals surface area contributed by atoms with E-state index in [4.69, 9.17) is 23.2 Å². The number of amides is 2. The molecule has 0 saturated carbocycles. The van der Waals surface area contributed by atoms with E-state index in [1.807, 2.05) is 38.1 Å². The molecule has 0 aliphatic heterocycles. The Hall–Kier alpha value is -3.07. The second kappa shape index (κ2) is 13.8. The predicted molar refractivity (Wildman–Crippen MR) is 157 cm³/mol. The van der Waals surface area contributed by atoms with Gasteiger partial charge in [0, 0.05) is 23.1 Å². The second-order valence-corrected chi connectivity index (χ2v) is 12.0. The highest BCUT2D eigenvalue weighted by Crippen LogP contribution is 2.30. The van der Waals surface area contributed by atoms with Crippen molar-refractivity contribution in [3.63, 3.8) is 0 Å². The summed E-state index contributed by atoms with van der Waals surface area (Å²) < 4.78 is 28.6. The van der Waals surface area contributed by atoms with Crippen molar-refractivity contribution in [2.75, 3.05) is 17.4 Å². The summed E-state index contributed by atoms with van der Waals surface area (Å²) in [7, 11) is -4.19. The third kappa shape index (κ3) is 7.97. The van der Waals surface area contributed by atoms with E-state index in [0.717, 1.165) is 28.3 Å². The molecule has 0 radical (unpaired) electrons. The fourth-order valence-corrected chi connectivity index (χ4v) is 5.95. The number of sulfonamides is 1. The molecule has 1 atom stereocenters. The van der Waals surface area contributed by atoms with Gasteiger partial charge in [-0.05, 0) is 61.7 Å². The van der Waals surface area contributed by atoms with Gasteiger partial charge in [0.1, 0.15) is 12.6 Å². The topological polar surface area (TPSA) is 86.8 Å². The standard InChI is InChI=1S/C29H33Cl2N3O4S/c1-4-5-15-32-29(36)22(3)33(19-23-12-10-9-11-21(23)2)28(35)20-34(26-17-24(30)16-25(31)18-26)39(37,38)27-13-7-6-8-14-27/h6-14,16-18,22H,4-5,15,19-20H2,1-3H3,(H,32,36)/t22-/m0/s1. The van der Waals surface area contributed by atoms with E-state index in [9.17, 15) is 18.0 Å². The van der Waals surface area contributed by atoms with Gasteiger partial charge in [0.2, 0.25) is 11.8 Å². The fourth-order valence-electron chi connectivity index (χ4n) is 4.02. The maximum absolute atomic E-state index is 13.9. The lowest BCUT2D eigenvalue weighted by molar-refractivity contribution is -0.139. The van der Waals surface area contributed by atoms with Gasteiger partial charge in [0.25, 0.3) is 10.0 Å². The lowest BCUT2D eigenvalue weighted by atomic mass is 10.1. The summed E-state index contributed by atoms with van der Waals surface area (Å²) in [6, 6.07) is 18.9. The van der Waals surface area contributed by atoms with Crippen LogP contribution in [-0.2, 0) is 26.2 Å². The Morgan fingerprint density at radius 3 is 2.18 bits per heavy atom. The Morgan fingerprint density at radius 2 is 1.56 bits per heavy atom. The molecule has 3 aromatic carbocycles. The van der Waals surface area contributed by atoms with Gasteiger partial charge in [0.05, 0.1) is 10.6 Å². The first-order valence-corrected chi connectivity index (χ1v) is 14.9. The minimum absolute atomic E-state index is 0.00436. The quantitative estimate of drug-likeness (QED) is 0.269. The number of hydrogen-bond acceptors (Lipinski definition) is 4. The number of carbonyl (C=O) groups excluding carboxylic acids is 2. The summed E-state index contributed by atoms with van der Waals surface area (Å²) in [4.78, 5) is 28.4. The number of rotatable bonds is 12. The van der Waals surface area contributed by atoms with E-state index in [1.165, 1.54) is 35.2 Å². The van der Waals surface area contributed by atoms with Crippen LogP contribution in [0.5, 0.6) is 0 Å². The Balaban J connectivity index is 2.03. The zero-order valence-electron chi connectivity index (χ0n) is 22.2. The predicted octanol–water partition coefficient (Wildman–Crippen LogP) is 5.83. The van der Waals surface area contributed by atoms with Gasteiger partial charge >= 0.3 is 0 Å². The Bertz CT molecular complexity index is 1380. The molecule has 39 heavy (non-hydrogen) atoms. The van der Waals surface area contributed by atoms with Crippen LogP contribution in [-0.4, -0.2) is 44.3 Å². The van der Waals surface area contributed by atoms with Crippen molar-refractivity contribution in [1.82, 2.24) is 10.2 Å². The summed E-state index contributed by atoms with van der Waals surface area (Å²) in [6.07, 6.45) is 1.72. The lowest BCUT2D eigenvalue weighted by Crippen LogP contribution is -2.51. The van der Waals surface area contributed by atoms with Gasteiger partial charge in [0.15, 0.2) is 0 Å². The van der Waals surface area contributed by atoms with Crippen molar-refractivity contribution in [3.05, 3.63) is 94.0 Å². The van der Waals surface area contributed by atoms with Gasteiger partial charge in [-0.2, -0.15) is 0 Å². The monoisotopic (exact) mass is 589 g/mol. The average Bonchev–Trinajstić information content (AvgIpc) is 2.90. The van der Waals surface area contributed by atoms with Crippen LogP contribution < -0.4 is 9.62 Å². The first-order chi connectivity index (χ1) is 18.5. The fraction of sp³-hybridized carbons (Fsp3) is 0.310. The van der Waals surface area contributed by atoms with E-state index in [0.29, 0.717) is 6.54 Å². The lowest BCUT2D eigenvalue weighted by Gasteiger charge is -2.32. The van der Waals surface area contributed by atoms with E-state index in [1.54, 1.807) is 25.1 Å². The van der Waals surface area contributed by atoms with Gasteiger partial charge in [-0.15, -0.1) is 0 Å². The van der Waals surface area contributed by atoms with Crippen LogP contribution in [0.4, 0.5) is 5.69 Å². The van der Waals surface area contributed by atoms with E-state index >= 15 is 0 Å². The molecule has 0 spiro atoms. The van der Waals surface area contributed by atoms with Crippen molar-refractivity contribution < 1.29 is 18.0 Å². The van der Waals surface area contributed by atoms with Crippen LogP contribution in [0.2, 0.25) is 10.0 Å². The van der Waals surface area contributed by atoms with Crippen molar-refractivity contribution in [2.45, 2.75) is 51.1 Å². The van der Waals surface area contributed by atoms with E-state index in [2.05, 4.69) is 5.32 Å². The number of nitrogens with zero attached hydrogens (tertiary/aromatic N) is 2. The zero-order valence-corrected chi connectivity index (χ0v) is 24.6. The van der Waals surface area contributed by atoms with Crippen molar-refractivity contribution in [3.8, 4) is 0 Å². The van der Waals surface area contributed by atoms with Crippen molar-refractivity contribution in [2.24, 2.45) is 0 Å². The molecule has 0 aromatic heterocycles. The largest absolute Gasteiger partial charge is 0.354 e. The van der Waals surface area contributed by atoms with Crippen LogP contribution in [0.3, 0.4) is 0 Å². The number of aryl methyl sites for hydroxylation is 1. The Labute approximate surface area is 240 Å². The van der Waals surface area contributed by atoms with Crippen LogP contribution in [0.15, 0.2) is 77.7 Å². The average molecular weight is 591 g/mol. The van der Waals surface area contributed by atoms with Gasteiger partial charge in [-0.25, -0.2) is 8.42 Å². The molecule has 7 nitrogen and oxygen atoms in total. The van der Waals surface area contributed by atoms with Gasteiger partial charge in [-0.3, -0.25) is 13.9 Å². The van der Waals surface area contributed by atoms with E-state index < -0.39 is 28.5 Å². The number of hydrogen-bond donors (Lipinski definition) is 1. The molecule has 1 N–H and O–H groups in total. The number of unbranched alkanes of at least 4 members (excludes halogenated alkanes) is 1. The molecule has 208 valence electrons. The zero-order chi connectivity index (χ0) is 28.6. The normalized spacial score (nSPS) is 12.0. The summed E-state index contributed by atoms with van der Waals surface area (Å²) in [5, 5.41) is 3.32. The highest BCUT2D eigenvalue weighted by molar-refractivity contribution is 7.92. The number of anilines is 1. The highest BCUT2D eigenvalue weighted by Gasteiger charge is 2.32. The minimum atomic E-state index is -4.19. The highest BCUT2D eigenvalue weighted by atomic mass is 35.5. The van der Waals surface area contributed by atoms with Crippen molar-refractivity contribution >= 4 is 50.7 Å². The van der Waals surface area contributed by atoms with Crippen LogP contribution >= 0.6 is 23.2 Å². The molecule has 3 aromatic rings. The third-order valence-corrected chi connectivity index (χ3v) is 8.57. The van der Waals surface area contributed by atoms with Crippen LogP contribution in [0.25, 0.3) is 0 Å². The molecule has 0 unspecified atom stereocenters. The molecular weight excluding hydrogens is 557 g/mol. The molecule has 0 saturated heterocycles. The maximum Gasteiger partial charge on any atom is 0.264 e. The maximum atomic E-state index is 13.9. The molecule has 10 heteroatoms. The number of halogens is 2. The summed E-state index contributed by atoms with van der Waals surface area (Å²) in [5.41, 5.74) is 1.94. The molecule has 0 fully saturated rings. The molecule has 0 aliphatic rings. The van der Waals surface area contributed by atoms with Gasteiger partial charge in [-0.1, -0.05) is 79.0 Å².